The summed E-state index contributed by atoms with van der Waals surface area (Å²) in [5.74, 6) is -0.452. The minimum absolute atomic E-state index is 0.191. The number of aliphatic hydroxyl groups is 3. The van der Waals surface area contributed by atoms with Crippen molar-refractivity contribution in [3.05, 3.63) is 0 Å². The van der Waals surface area contributed by atoms with Crippen LogP contribution in [0.3, 0.4) is 0 Å². The van der Waals surface area contributed by atoms with E-state index in [2.05, 4.69) is 0 Å². The van der Waals surface area contributed by atoms with E-state index in [0.717, 1.165) is 0 Å². The van der Waals surface area contributed by atoms with E-state index in [-0.39, 0.29) is 11.7 Å². The summed E-state index contributed by atoms with van der Waals surface area (Å²) in [5.41, 5.74) is 0. The quantitative estimate of drug-likeness (QED) is 0.371. The molecule has 7 nitrogen and oxygen atoms in total. The number of ether oxygens (including phenoxy) is 1. The monoisotopic (exact) mass is 312 g/mol. The van der Waals surface area contributed by atoms with Crippen LogP contribution in [0.15, 0.2) is 0 Å². The van der Waals surface area contributed by atoms with Gasteiger partial charge in [-0.15, -0.1) is 0 Å². The third kappa shape index (κ3) is 5.27. The van der Waals surface area contributed by atoms with E-state index in [1.54, 1.807) is 0 Å². The van der Waals surface area contributed by atoms with E-state index in [1.807, 2.05) is 0 Å². The summed E-state index contributed by atoms with van der Waals surface area (Å²) in [6.07, 6.45) is -1.11. The van der Waals surface area contributed by atoms with Crippen LogP contribution in [0.2, 0.25) is 0 Å². The first kappa shape index (κ1) is 17.8. The summed E-state index contributed by atoms with van der Waals surface area (Å²) in [5, 5.41) is 29.3. The smallest absolute Gasteiger partial charge is 0.264 e. The van der Waals surface area contributed by atoms with Crippen LogP contribution in [-0.2, 0) is 14.9 Å². The molecule has 0 aromatic heterocycles. The SMILES string of the molecule is CO[C@H]1C[C@H](CCCCCS(=O)(=O)O)[C@@H](O)[C@H](O)[C@H]1O. The van der Waals surface area contributed by atoms with E-state index >= 15 is 0 Å². The molecule has 20 heavy (non-hydrogen) atoms. The van der Waals surface area contributed by atoms with E-state index < -0.39 is 34.5 Å². The van der Waals surface area contributed by atoms with Gasteiger partial charge in [0.05, 0.1) is 18.0 Å². The van der Waals surface area contributed by atoms with Crippen molar-refractivity contribution in [1.82, 2.24) is 0 Å². The molecular weight excluding hydrogens is 288 g/mol. The first-order valence-corrected chi connectivity index (χ1v) is 8.39. The molecule has 1 fully saturated rings. The average molecular weight is 312 g/mol. The van der Waals surface area contributed by atoms with Gasteiger partial charge >= 0.3 is 0 Å². The van der Waals surface area contributed by atoms with E-state index in [9.17, 15) is 23.7 Å². The molecule has 120 valence electrons. The Morgan fingerprint density at radius 2 is 1.70 bits per heavy atom. The molecule has 0 bridgehead atoms. The maximum absolute atomic E-state index is 10.5. The van der Waals surface area contributed by atoms with Crippen molar-refractivity contribution < 1.29 is 33.0 Å². The zero-order chi connectivity index (χ0) is 15.3. The van der Waals surface area contributed by atoms with Crippen LogP contribution in [0.1, 0.15) is 32.1 Å². The predicted molar refractivity (Wildman–Crippen MR) is 71.8 cm³/mol. The molecule has 1 aliphatic carbocycles. The van der Waals surface area contributed by atoms with Gasteiger partial charge < -0.3 is 20.1 Å². The van der Waals surface area contributed by atoms with Crippen LogP contribution in [0, 0.1) is 5.92 Å². The Morgan fingerprint density at radius 1 is 1.05 bits per heavy atom. The van der Waals surface area contributed by atoms with Crippen molar-refractivity contribution >= 4 is 10.1 Å². The first-order valence-electron chi connectivity index (χ1n) is 6.78. The highest BCUT2D eigenvalue weighted by molar-refractivity contribution is 7.85. The molecule has 1 aliphatic rings. The molecule has 0 aliphatic heterocycles. The van der Waals surface area contributed by atoms with Gasteiger partial charge in [0.2, 0.25) is 0 Å². The number of unbranched alkanes of at least 4 members (excludes halogenated alkanes) is 2. The summed E-state index contributed by atoms with van der Waals surface area (Å²) in [6, 6.07) is 0. The minimum Gasteiger partial charge on any atom is -0.390 e. The summed E-state index contributed by atoms with van der Waals surface area (Å²) < 4.78 is 34.8. The number of methoxy groups -OCH3 is 1. The molecule has 4 N–H and O–H groups in total. The molecule has 0 aromatic carbocycles. The lowest BCUT2D eigenvalue weighted by molar-refractivity contribution is -0.166. The van der Waals surface area contributed by atoms with Gasteiger partial charge in [-0.25, -0.2) is 0 Å². The topological polar surface area (TPSA) is 124 Å². The Hall–Kier alpha value is -0.250. The zero-order valence-electron chi connectivity index (χ0n) is 11.6. The molecule has 0 heterocycles. The van der Waals surface area contributed by atoms with Gasteiger partial charge in [-0.2, -0.15) is 8.42 Å². The Labute approximate surface area is 119 Å². The Bertz CT molecular complexity index is 381. The molecule has 0 aromatic rings. The van der Waals surface area contributed by atoms with Gasteiger partial charge in [0.1, 0.15) is 12.2 Å². The molecule has 0 spiro atoms. The van der Waals surface area contributed by atoms with Crippen LogP contribution in [-0.4, -0.2) is 65.6 Å². The van der Waals surface area contributed by atoms with E-state index in [4.69, 9.17) is 9.29 Å². The van der Waals surface area contributed by atoms with Gasteiger partial charge in [-0.1, -0.05) is 12.8 Å². The van der Waals surface area contributed by atoms with Crippen LogP contribution in [0.4, 0.5) is 0 Å². The standard InChI is InChI=1S/C12H24O7S/c1-19-9-7-8(10(13)12(15)11(9)14)5-3-2-4-6-20(16,17)18/h8-15H,2-7H2,1H3,(H,16,17,18)/t8-,9-,10+,11-,12-/m0/s1. The Morgan fingerprint density at radius 3 is 2.25 bits per heavy atom. The zero-order valence-corrected chi connectivity index (χ0v) is 12.4. The lowest BCUT2D eigenvalue weighted by Crippen LogP contribution is -2.54. The highest BCUT2D eigenvalue weighted by atomic mass is 32.2. The molecule has 0 unspecified atom stereocenters. The van der Waals surface area contributed by atoms with E-state index in [0.29, 0.717) is 32.1 Å². The number of aliphatic hydroxyl groups excluding tert-OH is 3. The van der Waals surface area contributed by atoms with Gasteiger partial charge in [0.15, 0.2) is 0 Å². The summed E-state index contributed by atoms with van der Waals surface area (Å²) >= 11 is 0. The molecule has 0 saturated heterocycles. The van der Waals surface area contributed by atoms with Crippen LogP contribution < -0.4 is 0 Å². The maximum atomic E-state index is 10.5. The minimum atomic E-state index is -3.91. The van der Waals surface area contributed by atoms with Crippen LogP contribution in [0.25, 0.3) is 0 Å². The van der Waals surface area contributed by atoms with Crippen molar-refractivity contribution in [2.45, 2.75) is 56.5 Å². The molecule has 1 saturated carbocycles. The average Bonchev–Trinajstić information content (AvgIpc) is 2.37. The van der Waals surface area contributed by atoms with Crippen LogP contribution in [0.5, 0.6) is 0 Å². The maximum Gasteiger partial charge on any atom is 0.264 e. The number of hydrogen-bond donors (Lipinski definition) is 4. The highest BCUT2D eigenvalue weighted by Crippen LogP contribution is 2.31. The summed E-state index contributed by atoms with van der Waals surface area (Å²) in [4.78, 5) is 0. The first-order chi connectivity index (χ1) is 9.26. The Kier molecular flexibility index (Phi) is 6.83. The normalized spacial score (nSPS) is 35.1. The fourth-order valence-electron chi connectivity index (χ4n) is 2.67. The van der Waals surface area contributed by atoms with Crippen molar-refractivity contribution in [2.24, 2.45) is 5.92 Å². The summed E-state index contributed by atoms with van der Waals surface area (Å²) in [7, 11) is -2.47. The second kappa shape index (κ2) is 7.67. The molecule has 0 radical (unpaired) electrons. The fourth-order valence-corrected chi connectivity index (χ4v) is 3.24. The largest absolute Gasteiger partial charge is 0.390 e. The van der Waals surface area contributed by atoms with Gasteiger partial charge in [-0.05, 0) is 25.2 Å². The highest BCUT2D eigenvalue weighted by Gasteiger charge is 2.42. The van der Waals surface area contributed by atoms with Crippen molar-refractivity contribution in [3.8, 4) is 0 Å². The Balaban J connectivity index is 2.35. The summed E-state index contributed by atoms with van der Waals surface area (Å²) in [6.45, 7) is 0. The third-order valence-corrected chi connectivity index (χ3v) is 4.68. The fraction of sp³-hybridized carbons (Fsp3) is 1.00. The van der Waals surface area contributed by atoms with Crippen LogP contribution >= 0.6 is 0 Å². The van der Waals surface area contributed by atoms with Crippen molar-refractivity contribution in [2.75, 3.05) is 12.9 Å². The molecule has 5 atom stereocenters. The molecular formula is C12H24O7S. The van der Waals surface area contributed by atoms with Crippen molar-refractivity contribution in [3.63, 3.8) is 0 Å². The van der Waals surface area contributed by atoms with Gasteiger partial charge in [0.25, 0.3) is 10.1 Å². The molecule has 0 amide bonds. The predicted octanol–water partition coefficient (Wildman–Crippen LogP) is -0.448. The van der Waals surface area contributed by atoms with E-state index in [1.165, 1.54) is 7.11 Å². The van der Waals surface area contributed by atoms with Gasteiger partial charge in [0, 0.05) is 7.11 Å². The van der Waals surface area contributed by atoms with Crippen molar-refractivity contribution in [1.29, 1.82) is 0 Å². The number of hydrogen-bond acceptors (Lipinski definition) is 6. The number of rotatable bonds is 7. The van der Waals surface area contributed by atoms with Gasteiger partial charge in [-0.3, -0.25) is 4.55 Å². The molecule has 1 rings (SSSR count). The lowest BCUT2D eigenvalue weighted by Gasteiger charge is -2.39. The molecule has 8 heteroatoms. The second-order valence-electron chi connectivity index (χ2n) is 5.38. The second-order valence-corrected chi connectivity index (χ2v) is 6.95. The lowest BCUT2D eigenvalue weighted by atomic mass is 9.78. The third-order valence-electron chi connectivity index (χ3n) is 3.88.